The van der Waals surface area contributed by atoms with E-state index >= 15 is 0 Å². The highest BCUT2D eigenvalue weighted by atomic mass is 14.0. The lowest BCUT2D eigenvalue weighted by Gasteiger charge is -2.02. The molecule has 0 amide bonds. The van der Waals surface area contributed by atoms with Crippen LogP contribution in [0.1, 0.15) is 103 Å². The predicted octanol–water partition coefficient (Wildman–Crippen LogP) is 6.77. The Morgan fingerprint density at radius 1 is 0.444 bits per heavy atom. The van der Waals surface area contributed by atoms with Gasteiger partial charge in [-0.2, -0.15) is 0 Å². The van der Waals surface area contributed by atoms with Gasteiger partial charge in [-0.05, 0) is 13.3 Å². The van der Waals surface area contributed by atoms with Gasteiger partial charge >= 0.3 is 0 Å². The smallest absolute Gasteiger partial charge is 0.0352 e. The van der Waals surface area contributed by atoms with Gasteiger partial charge in [0, 0.05) is 0 Å². The van der Waals surface area contributed by atoms with Crippen molar-refractivity contribution in [1.82, 2.24) is 0 Å². The van der Waals surface area contributed by atoms with E-state index < -0.39 is 0 Å². The summed E-state index contributed by atoms with van der Waals surface area (Å²) in [6, 6.07) is 0. The van der Waals surface area contributed by atoms with Crippen molar-refractivity contribution in [3.63, 3.8) is 0 Å². The molecule has 0 aromatic rings. The van der Waals surface area contributed by atoms with Gasteiger partial charge in [0.25, 0.3) is 0 Å². The maximum atomic E-state index is 5.47. The van der Waals surface area contributed by atoms with Gasteiger partial charge in [0.1, 0.15) is 0 Å². The third kappa shape index (κ3) is 16.0. The molecule has 0 N–H and O–H groups in total. The standard InChI is InChI=1S/C18H35/c1-3-5-7-9-11-13-15-17-18-16-14-12-10-8-6-4-2/h1H,2-18H2. The molecule has 0 unspecified atom stereocenters. The summed E-state index contributed by atoms with van der Waals surface area (Å²) in [6.07, 6.45) is 21.6. The fourth-order valence-electron chi connectivity index (χ4n) is 2.44. The molecule has 0 aliphatic carbocycles. The number of hydrogen-bond acceptors (Lipinski definition) is 0. The fourth-order valence-corrected chi connectivity index (χ4v) is 2.44. The van der Waals surface area contributed by atoms with E-state index in [0.717, 1.165) is 12.8 Å². The van der Waals surface area contributed by atoms with Gasteiger partial charge in [0.05, 0.1) is 0 Å². The Kier molecular flexibility index (Phi) is 17.0. The minimum Gasteiger partial charge on any atom is -0.0533 e. The summed E-state index contributed by atoms with van der Waals surface area (Å²) < 4.78 is 0. The van der Waals surface area contributed by atoms with E-state index in [1.807, 2.05) is 0 Å². The molecule has 0 atom stereocenters. The van der Waals surface area contributed by atoms with Gasteiger partial charge < -0.3 is 0 Å². The maximum absolute atomic E-state index is 5.47. The molecule has 0 nitrogen and oxygen atoms in total. The van der Waals surface area contributed by atoms with Crippen molar-refractivity contribution in [1.29, 1.82) is 0 Å². The molecular weight excluding hydrogens is 216 g/mol. The molecule has 0 aliphatic rings. The zero-order valence-corrected chi connectivity index (χ0v) is 12.6. The molecule has 0 fully saturated rings. The third-order valence-electron chi connectivity index (χ3n) is 3.70. The van der Waals surface area contributed by atoms with Crippen LogP contribution in [0, 0.1) is 13.8 Å². The maximum Gasteiger partial charge on any atom is -0.0352 e. The van der Waals surface area contributed by atoms with Gasteiger partial charge in [0.15, 0.2) is 0 Å². The Labute approximate surface area is 117 Å². The van der Waals surface area contributed by atoms with Crippen LogP contribution in [0.3, 0.4) is 0 Å². The van der Waals surface area contributed by atoms with Crippen LogP contribution in [0.5, 0.6) is 0 Å². The molecule has 3 radical (unpaired) electrons. The lowest BCUT2D eigenvalue weighted by atomic mass is 10.0. The van der Waals surface area contributed by atoms with E-state index in [2.05, 4.69) is 6.92 Å². The zero-order chi connectivity index (χ0) is 13.3. The minimum atomic E-state index is 0.870. The summed E-state index contributed by atoms with van der Waals surface area (Å²) in [5.41, 5.74) is 0. The first-order valence-electron chi connectivity index (χ1n) is 8.41. The van der Waals surface area contributed by atoms with Crippen molar-refractivity contribution in [3.05, 3.63) is 13.8 Å². The van der Waals surface area contributed by atoms with Crippen LogP contribution in [0.15, 0.2) is 0 Å². The average molecular weight is 251 g/mol. The summed E-state index contributed by atoms with van der Waals surface area (Å²) in [5.74, 6) is 0. The highest BCUT2D eigenvalue weighted by Gasteiger charge is 1.93. The number of hydrogen-bond donors (Lipinski definition) is 0. The van der Waals surface area contributed by atoms with Crippen molar-refractivity contribution in [2.24, 2.45) is 0 Å². The lowest BCUT2D eigenvalue weighted by Crippen LogP contribution is -1.83. The van der Waals surface area contributed by atoms with Crippen molar-refractivity contribution in [2.45, 2.75) is 103 Å². The average Bonchev–Trinajstić information content (AvgIpc) is 2.39. The molecule has 0 bridgehead atoms. The highest BCUT2D eigenvalue weighted by molar-refractivity contribution is 4.50. The molecule has 107 valence electrons. The van der Waals surface area contributed by atoms with Crippen LogP contribution in [0.4, 0.5) is 0 Å². The molecule has 0 saturated heterocycles. The second kappa shape index (κ2) is 17.0. The Bertz CT molecular complexity index is 112. The second-order valence-electron chi connectivity index (χ2n) is 5.59. The quantitative estimate of drug-likeness (QED) is 0.282. The Hall–Kier alpha value is 0. The van der Waals surface area contributed by atoms with Crippen molar-refractivity contribution in [2.75, 3.05) is 0 Å². The fraction of sp³-hybridized carbons (Fsp3) is 0.889. The minimum absolute atomic E-state index is 0.870. The molecule has 0 aromatic heterocycles. The van der Waals surface area contributed by atoms with Crippen LogP contribution in [0.2, 0.25) is 0 Å². The summed E-state index contributed by atoms with van der Waals surface area (Å²) in [4.78, 5) is 0. The monoisotopic (exact) mass is 251 g/mol. The summed E-state index contributed by atoms with van der Waals surface area (Å²) in [6.45, 7) is 9.35. The number of rotatable bonds is 15. The van der Waals surface area contributed by atoms with Gasteiger partial charge in [-0.3, -0.25) is 0 Å². The Morgan fingerprint density at radius 3 is 1.00 bits per heavy atom. The van der Waals surface area contributed by atoms with E-state index in [4.69, 9.17) is 6.92 Å². The first-order valence-corrected chi connectivity index (χ1v) is 8.41. The van der Waals surface area contributed by atoms with Crippen LogP contribution in [-0.4, -0.2) is 0 Å². The van der Waals surface area contributed by atoms with E-state index in [0.29, 0.717) is 0 Å². The van der Waals surface area contributed by atoms with Gasteiger partial charge in [-0.25, -0.2) is 0 Å². The largest absolute Gasteiger partial charge is 0.0533 e. The predicted molar refractivity (Wildman–Crippen MR) is 83.5 cm³/mol. The summed E-state index contributed by atoms with van der Waals surface area (Å²) >= 11 is 0. The second-order valence-corrected chi connectivity index (χ2v) is 5.59. The van der Waals surface area contributed by atoms with Crippen molar-refractivity contribution in [3.8, 4) is 0 Å². The first kappa shape index (κ1) is 18.0. The van der Waals surface area contributed by atoms with E-state index in [9.17, 15) is 0 Å². The molecule has 18 heavy (non-hydrogen) atoms. The molecule has 0 aliphatic heterocycles. The molecule has 0 aromatic carbocycles. The zero-order valence-electron chi connectivity index (χ0n) is 12.6. The van der Waals surface area contributed by atoms with Crippen molar-refractivity contribution < 1.29 is 0 Å². The van der Waals surface area contributed by atoms with Crippen LogP contribution in [0.25, 0.3) is 0 Å². The van der Waals surface area contributed by atoms with Crippen LogP contribution >= 0.6 is 0 Å². The van der Waals surface area contributed by atoms with Gasteiger partial charge in [-0.15, -0.1) is 0 Å². The SMILES string of the molecule is [CH]CCCCCCCCCCCCCCCC[CH2]. The molecule has 0 heteroatoms. The van der Waals surface area contributed by atoms with Gasteiger partial charge in [-0.1, -0.05) is 103 Å². The third-order valence-corrected chi connectivity index (χ3v) is 3.70. The van der Waals surface area contributed by atoms with Crippen LogP contribution in [-0.2, 0) is 0 Å². The molecule has 0 rings (SSSR count). The Morgan fingerprint density at radius 2 is 0.722 bits per heavy atom. The van der Waals surface area contributed by atoms with E-state index in [-0.39, 0.29) is 0 Å². The Balaban J connectivity index is 2.86. The normalized spacial score (nSPS) is 11.0. The van der Waals surface area contributed by atoms with Crippen molar-refractivity contribution >= 4 is 0 Å². The topological polar surface area (TPSA) is 0 Å². The number of unbranched alkanes of at least 4 members (excludes halogenated alkanes) is 15. The first-order chi connectivity index (χ1) is 8.91. The highest BCUT2D eigenvalue weighted by Crippen LogP contribution is 2.13. The summed E-state index contributed by atoms with van der Waals surface area (Å²) in [5, 5.41) is 0. The van der Waals surface area contributed by atoms with Crippen LogP contribution < -0.4 is 0 Å². The van der Waals surface area contributed by atoms with Gasteiger partial charge in [0.2, 0.25) is 0 Å². The molecular formula is C18H35. The van der Waals surface area contributed by atoms with E-state index in [1.165, 1.54) is 89.9 Å². The molecule has 0 saturated carbocycles. The lowest BCUT2D eigenvalue weighted by molar-refractivity contribution is 0.534. The summed E-state index contributed by atoms with van der Waals surface area (Å²) in [7, 11) is 0. The van der Waals surface area contributed by atoms with E-state index in [1.54, 1.807) is 0 Å². The molecule has 0 heterocycles. The molecule has 0 spiro atoms.